The van der Waals surface area contributed by atoms with Crippen LogP contribution in [0.3, 0.4) is 0 Å². The predicted octanol–water partition coefficient (Wildman–Crippen LogP) is 3.04. The van der Waals surface area contributed by atoms with Crippen molar-refractivity contribution >= 4 is 22.9 Å². The molecule has 0 spiro atoms. The number of aryl methyl sites for hydroxylation is 1. The smallest absolute Gasteiger partial charge is 0.283 e. The van der Waals surface area contributed by atoms with E-state index >= 15 is 0 Å². The molecule has 0 aliphatic rings. The maximum atomic E-state index is 12.1. The van der Waals surface area contributed by atoms with E-state index in [1.807, 2.05) is 24.3 Å². The lowest BCUT2D eigenvalue weighted by atomic mass is 10.1. The molecule has 0 saturated carbocycles. The molecule has 0 fully saturated rings. The molecule has 0 bridgehead atoms. The lowest BCUT2D eigenvalue weighted by molar-refractivity contribution is -0.385. The van der Waals surface area contributed by atoms with Crippen LogP contribution in [0, 0.1) is 17.0 Å². The predicted molar refractivity (Wildman–Crippen MR) is 84.0 cm³/mol. The second-order valence-corrected chi connectivity index (χ2v) is 6.00. The van der Waals surface area contributed by atoms with Gasteiger partial charge in [0, 0.05) is 19.7 Å². The fraction of sp³-hybridized carbons (Fsp3) is 0.267. The number of nitrogens with one attached hydrogen (secondary N) is 1. The summed E-state index contributed by atoms with van der Waals surface area (Å²) in [5.41, 5.74) is 1.96. The number of amides is 1. The lowest BCUT2D eigenvalue weighted by Gasteiger charge is -2.06. The van der Waals surface area contributed by atoms with Crippen LogP contribution in [0.15, 0.2) is 30.3 Å². The summed E-state index contributed by atoms with van der Waals surface area (Å²) in [5, 5.41) is 13.6. The zero-order valence-electron chi connectivity index (χ0n) is 12.3. The normalized spacial score (nSPS) is 10.5. The molecule has 0 aliphatic heterocycles. The molecule has 2 rings (SSSR count). The van der Waals surface area contributed by atoms with Crippen LogP contribution < -0.4 is 5.32 Å². The monoisotopic (exact) mass is 320 g/mol. The molecule has 1 aromatic heterocycles. The number of hydrogen-bond acceptors (Lipinski definition) is 5. The van der Waals surface area contributed by atoms with Crippen molar-refractivity contribution in [3.63, 3.8) is 0 Å². The van der Waals surface area contributed by atoms with Crippen LogP contribution in [-0.4, -0.2) is 17.9 Å². The van der Waals surface area contributed by atoms with E-state index in [4.69, 9.17) is 4.74 Å². The van der Waals surface area contributed by atoms with E-state index in [9.17, 15) is 14.9 Å². The fourth-order valence-electron chi connectivity index (χ4n) is 2.03. The van der Waals surface area contributed by atoms with E-state index in [-0.39, 0.29) is 11.6 Å². The first-order valence-corrected chi connectivity index (χ1v) is 7.42. The molecule has 0 aliphatic carbocycles. The van der Waals surface area contributed by atoms with E-state index in [1.54, 1.807) is 14.0 Å². The maximum absolute atomic E-state index is 12.1. The molecule has 22 heavy (non-hydrogen) atoms. The summed E-state index contributed by atoms with van der Waals surface area (Å²) in [4.78, 5) is 23.3. The van der Waals surface area contributed by atoms with E-state index in [0.29, 0.717) is 22.9 Å². The maximum Gasteiger partial charge on any atom is 0.283 e. The van der Waals surface area contributed by atoms with Crippen LogP contribution in [0.25, 0.3) is 0 Å². The van der Waals surface area contributed by atoms with E-state index < -0.39 is 4.92 Å². The second-order valence-electron chi connectivity index (χ2n) is 4.74. The summed E-state index contributed by atoms with van der Waals surface area (Å²) in [6.45, 7) is 2.51. The molecule has 2 aromatic rings. The van der Waals surface area contributed by atoms with Gasteiger partial charge in [-0.2, -0.15) is 0 Å². The molecule has 1 heterocycles. The number of rotatable bonds is 6. The van der Waals surface area contributed by atoms with E-state index in [1.165, 1.54) is 6.07 Å². The van der Waals surface area contributed by atoms with Crippen molar-refractivity contribution in [3.8, 4) is 0 Å². The molecule has 0 radical (unpaired) electrons. The van der Waals surface area contributed by atoms with Gasteiger partial charge in [0.15, 0.2) is 0 Å². The van der Waals surface area contributed by atoms with Gasteiger partial charge in [-0.1, -0.05) is 24.3 Å². The van der Waals surface area contributed by atoms with Crippen LogP contribution in [0.5, 0.6) is 0 Å². The summed E-state index contributed by atoms with van der Waals surface area (Å²) >= 11 is 1.12. The summed E-state index contributed by atoms with van der Waals surface area (Å²) in [6.07, 6.45) is 0. The average Bonchev–Trinajstić information content (AvgIpc) is 2.88. The fourth-order valence-corrected chi connectivity index (χ4v) is 2.93. The Morgan fingerprint density at radius 3 is 2.73 bits per heavy atom. The summed E-state index contributed by atoms with van der Waals surface area (Å²) in [5.74, 6) is -0.307. The molecular formula is C15H16N2O4S. The van der Waals surface area contributed by atoms with Crippen molar-refractivity contribution in [2.45, 2.75) is 20.1 Å². The molecule has 116 valence electrons. The third-order valence-corrected chi connectivity index (χ3v) is 4.11. The molecule has 1 amide bonds. The summed E-state index contributed by atoms with van der Waals surface area (Å²) in [6, 6.07) is 9.01. The number of thiophene rings is 1. The van der Waals surface area contributed by atoms with Gasteiger partial charge in [-0.25, -0.2) is 0 Å². The largest absolute Gasteiger partial charge is 0.380 e. The number of methoxy groups -OCH3 is 1. The van der Waals surface area contributed by atoms with Crippen molar-refractivity contribution < 1.29 is 14.5 Å². The van der Waals surface area contributed by atoms with Crippen molar-refractivity contribution in [2.75, 3.05) is 7.11 Å². The number of benzene rings is 1. The first-order valence-electron chi connectivity index (χ1n) is 6.61. The van der Waals surface area contributed by atoms with Gasteiger partial charge in [-0.3, -0.25) is 14.9 Å². The van der Waals surface area contributed by atoms with Crippen LogP contribution >= 0.6 is 11.3 Å². The minimum atomic E-state index is -0.475. The lowest BCUT2D eigenvalue weighted by Crippen LogP contribution is -2.21. The number of carbonyl (C=O) groups is 1. The SMILES string of the molecule is COCc1cccc(CNC(=O)c2cc([N+](=O)[O-])c(C)s2)c1. The molecular weight excluding hydrogens is 304 g/mol. The Balaban J connectivity index is 2.02. The van der Waals surface area contributed by atoms with Gasteiger partial charge in [0.1, 0.15) is 0 Å². The highest BCUT2D eigenvalue weighted by atomic mass is 32.1. The molecule has 0 unspecified atom stereocenters. The van der Waals surface area contributed by atoms with Crippen molar-refractivity contribution in [2.24, 2.45) is 0 Å². The topological polar surface area (TPSA) is 81.5 Å². The minimum Gasteiger partial charge on any atom is -0.380 e. The Hall–Kier alpha value is -2.25. The van der Waals surface area contributed by atoms with Gasteiger partial charge in [0.25, 0.3) is 11.6 Å². The summed E-state index contributed by atoms with van der Waals surface area (Å²) < 4.78 is 5.07. The Kier molecular flexibility index (Phi) is 5.24. The van der Waals surface area contributed by atoms with Gasteiger partial charge in [-0.05, 0) is 18.1 Å². The first kappa shape index (κ1) is 16.1. The third kappa shape index (κ3) is 3.90. The van der Waals surface area contributed by atoms with Gasteiger partial charge < -0.3 is 10.1 Å². The number of carbonyl (C=O) groups excluding carboxylic acids is 1. The van der Waals surface area contributed by atoms with Gasteiger partial charge in [0.2, 0.25) is 0 Å². The van der Waals surface area contributed by atoms with Crippen molar-refractivity contribution in [1.82, 2.24) is 5.32 Å². The van der Waals surface area contributed by atoms with Gasteiger partial charge in [-0.15, -0.1) is 11.3 Å². The molecule has 6 nitrogen and oxygen atoms in total. The number of nitro groups is 1. The molecule has 1 aromatic carbocycles. The number of hydrogen-bond donors (Lipinski definition) is 1. The highest BCUT2D eigenvalue weighted by Gasteiger charge is 2.19. The van der Waals surface area contributed by atoms with E-state index in [0.717, 1.165) is 22.5 Å². The summed E-state index contributed by atoms with van der Waals surface area (Å²) in [7, 11) is 1.63. The highest BCUT2D eigenvalue weighted by Crippen LogP contribution is 2.27. The first-order chi connectivity index (χ1) is 10.5. The van der Waals surface area contributed by atoms with Crippen LogP contribution in [0.2, 0.25) is 0 Å². The molecule has 0 atom stereocenters. The van der Waals surface area contributed by atoms with Crippen molar-refractivity contribution in [1.29, 1.82) is 0 Å². The van der Waals surface area contributed by atoms with Gasteiger partial charge >= 0.3 is 0 Å². The molecule has 1 N–H and O–H groups in total. The Labute approximate surface area is 131 Å². The van der Waals surface area contributed by atoms with Crippen LogP contribution in [-0.2, 0) is 17.9 Å². The quantitative estimate of drug-likeness (QED) is 0.655. The second kappa shape index (κ2) is 7.15. The number of nitrogens with zero attached hydrogens (tertiary/aromatic N) is 1. The zero-order valence-corrected chi connectivity index (χ0v) is 13.1. The Bertz CT molecular complexity index is 697. The molecule has 7 heteroatoms. The highest BCUT2D eigenvalue weighted by molar-refractivity contribution is 7.14. The average molecular weight is 320 g/mol. The van der Waals surface area contributed by atoms with Crippen molar-refractivity contribution in [3.05, 3.63) is 61.3 Å². The van der Waals surface area contributed by atoms with E-state index in [2.05, 4.69) is 5.32 Å². The minimum absolute atomic E-state index is 0.0164. The standard InChI is InChI=1S/C15H16N2O4S/c1-10-13(17(19)20)7-14(22-10)15(18)16-8-11-4-3-5-12(6-11)9-21-2/h3-7H,8-9H2,1-2H3,(H,16,18). The van der Waals surface area contributed by atoms with Gasteiger partial charge in [0.05, 0.1) is 21.3 Å². The van der Waals surface area contributed by atoms with Crippen LogP contribution in [0.4, 0.5) is 5.69 Å². The Morgan fingerprint density at radius 2 is 2.09 bits per heavy atom. The Morgan fingerprint density at radius 1 is 1.36 bits per heavy atom. The zero-order chi connectivity index (χ0) is 16.1. The third-order valence-electron chi connectivity index (χ3n) is 3.07. The van der Waals surface area contributed by atoms with Crippen LogP contribution in [0.1, 0.15) is 25.7 Å². The number of ether oxygens (including phenoxy) is 1. The molecule has 0 saturated heterocycles.